The molecule has 0 radical (unpaired) electrons. The lowest BCUT2D eigenvalue weighted by molar-refractivity contribution is 0.0697. The van der Waals surface area contributed by atoms with Crippen LogP contribution in [0.1, 0.15) is 35.4 Å². The van der Waals surface area contributed by atoms with Crippen LogP contribution in [0.2, 0.25) is 0 Å². The molecule has 0 amide bonds. The number of anilines is 1. The van der Waals surface area contributed by atoms with E-state index in [9.17, 15) is 4.79 Å². The van der Waals surface area contributed by atoms with Gasteiger partial charge in [-0.15, -0.1) is 0 Å². The second-order valence-electron chi connectivity index (χ2n) is 5.24. The molecule has 3 rings (SSSR count). The van der Waals surface area contributed by atoms with Crippen molar-refractivity contribution in [3.8, 4) is 0 Å². The number of carboxylic acid groups (broad SMARTS) is 1. The fourth-order valence-electron chi connectivity index (χ4n) is 2.95. The van der Waals surface area contributed by atoms with Gasteiger partial charge < -0.3 is 15.2 Å². The summed E-state index contributed by atoms with van der Waals surface area (Å²) in [4.78, 5) is 19.2. The zero-order valence-corrected chi connectivity index (χ0v) is 10.8. The first kappa shape index (κ1) is 12.3. The van der Waals surface area contributed by atoms with Gasteiger partial charge in [-0.05, 0) is 26.2 Å². The van der Waals surface area contributed by atoms with Gasteiger partial charge in [-0.25, -0.2) is 14.8 Å². The van der Waals surface area contributed by atoms with Crippen molar-refractivity contribution in [2.75, 3.05) is 11.9 Å². The number of nitrogens with zero attached hydrogens (tertiary/aromatic N) is 2. The van der Waals surface area contributed by atoms with E-state index in [4.69, 9.17) is 9.84 Å². The number of carbonyl (C=O) groups is 1. The molecule has 2 N–H and O–H groups in total. The fourth-order valence-corrected chi connectivity index (χ4v) is 2.95. The molecule has 2 bridgehead atoms. The van der Waals surface area contributed by atoms with Gasteiger partial charge in [0.2, 0.25) is 0 Å². The van der Waals surface area contributed by atoms with Crippen molar-refractivity contribution in [2.45, 2.75) is 38.4 Å². The van der Waals surface area contributed by atoms with Crippen molar-refractivity contribution in [1.29, 1.82) is 0 Å². The summed E-state index contributed by atoms with van der Waals surface area (Å²) in [5.74, 6) is 0.418. The molecule has 102 valence electrons. The molecule has 0 aliphatic carbocycles. The van der Waals surface area contributed by atoms with E-state index < -0.39 is 5.97 Å². The maximum Gasteiger partial charge on any atom is 0.341 e. The average molecular weight is 263 g/mol. The topological polar surface area (TPSA) is 84.3 Å². The monoisotopic (exact) mass is 263 g/mol. The quantitative estimate of drug-likeness (QED) is 0.855. The summed E-state index contributed by atoms with van der Waals surface area (Å²) in [5.41, 5.74) is 0.120. The Morgan fingerprint density at radius 3 is 3.05 bits per heavy atom. The van der Waals surface area contributed by atoms with Gasteiger partial charge in [0, 0.05) is 18.7 Å². The van der Waals surface area contributed by atoms with Crippen LogP contribution >= 0.6 is 0 Å². The third kappa shape index (κ3) is 2.40. The number of aromatic nitrogens is 2. The molecule has 3 heterocycles. The summed E-state index contributed by atoms with van der Waals surface area (Å²) < 4.78 is 5.79. The number of aryl methyl sites for hydroxylation is 1. The number of nitrogens with one attached hydrogen (secondary N) is 1. The van der Waals surface area contributed by atoms with Gasteiger partial charge in [0.15, 0.2) is 0 Å². The lowest BCUT2D eigenvalue weighted by Crippen LogP contribution is -2.25. The second-order valence-corrected chi connectivity index (χ2v) is 5.24. The van der Waals surface area contributed by atoms with Crippen LogP contribution in [-0.4, -0.2) is 39.8 Å². The first-order chi connectivity index (χ1) is 9.13. The predicted molar refractivity (Wildman–Crippen MR) is 68.2 cm³/mol. The van der Waals surface area contributed by atoms with Crippen molar-refractivity contribution >= 4 is 11.8 Å². The molecule has 0 aromatic carbocycles. The Morgan fingerprint density at radius 1 is 1.58 bits per heavy atom. The zero-order valence-electron chi connectivity index (χ0n) is 10.8. The first-order valence-corrected chi connectivity index (χ1v) is 6.59. The van der Waals surface area contributed by atoms with Crippen molar-refractivity contribution in [2.24, 2.45) is 5.92 Å². The van der Waals surface area contributed by atoms with E-state index in [-0.39, 0.29) is 5.56 Å². The minimum atomic E-state index is -1.01. The van der Waals surface area contributed by atoms with Crippen LogP contribution in [0.15, 0.2) is 6.20 Å². The molecule has 3 atom stereocenters. The summed E-state index contributed by atoms with van der Waals surface area (Å²) in [6.45, 7) is 2.45. The van der Waals surface area contributed by atoms with Crippen molar-refractivity contribution < 1.29 is 14.6 Å². The lowest BCUT2D eigenvalue weighted by Gasteiger charge is -2.19. The Labute approximate surface area is 111 Å². The minimum Gasteiger partial charge on any atom is -0.477 e. The molecule has 2 fully saturated rings. The van der Waals surface area contributed by atoms with Crippen molar-refractivity contribution in [3.05, 3.63) is 17.6 Å². The Morgan fingerprint density at radius 2 is 2.42 bits per heavy atom. The van der Waals surface area contributed by atoms with E-state index in [1.165, 1.54) is 6.20 Å². The number of ether oxygens (including phenoxy) is 1. The average Bonchev–Trinajstić information content (AvgIpc) is 2.98. The van der Waals surface area contributed by atoms with E-state index in [2.05, 4.69) is 15.3 Å². The maximum absolute atomic E-state index is 11.1. The van der Waals surface area contributed by atoms with Crippen molar-refractivity contribution in [1.82, 2.24) is 9.97 Å². The van der Waals surface area contributed by atoms with Crippen LogP contribution in [-0.2, 0) is 4.74 Å². The molecule has 1 aromatic rings. The van der Waals surface area contributed by atoms with Crippen LogP contribution in [0.3, 0.4) is 0 Å². The highest BCUT2D eigenvalue weighted by Crippen LogP contribution is 2.38. The van der Waals surface area contributed by atoms with Crippen LogP contribution in [0.5, 0.6) is 0 Å². The molecule has 3 unspecified atom stereocenters. The van der Waals surface area contributed by atoms with Crippen LogP contribution in [0.4, 0.5) is 5.82 Å². The summed E-state index contributed by atoms with van der Waals surface area (Å²) in [7, 11) is 0. The maximum atomic E-state index is 11.1. The SMILES string of the molecule is Cc1ncc(C(=O)O)c(NCC2CC3CCC2O3)n1. The highest BCUT2D eigenvalue weighted by Gasteiger charge is 2.40. The van der Waals surface area contributed by atoms with E-state index in [1.54, 1.807) is 6.92 Å². The third-order valence-corrected chi connectivity index (χ3v) is 3.90. The predicted octanol–water partition coefficient (Wildman–Crippen LogP) is 1.46. The largest absolute Gasteiger partial charge is 0.477 e. The Hall–Kier alpha value is -1.69. The summed E-state index contributed by atoms with van der Waals surface area (Å²) in [6.07, 6.45) is 5.42. The number of hydrogen-bond acceptors (Lipinski definition) is 5. The molecule has 19 heavy (non-hydrogen) atoms. The summed E-state index contributed by atoms with van der Waals surface area (Å²) >= 11 is 0. The molecule has 2 saturated heterocycles. The van der Waals surface area contributed by atoms with E-state index in [1.807, 2.05) is 0 Å². The Kier molecular flexibility index (Phi) is 3.10. The molecule has 2 aliphatic rings. The number of rotatable bonds is 4. The molecule has 2 aliphatic heterocycles. The number of hydrogen-bond donors (Lipinski definition) is 2. The molecular formula is C13H17N3O3. The Bertz CT molecular complexity index is 506. The highest BCUT2D eigenvalue weighted by atomic mass is 16.5. The van der Waals surface area contributed by atoms with Gasteiger partial charge in [0.25, 0.3) is 0 Å². The molecule has 6 nitrogen and oxygen atoms in total. The normalized spacial score (nSPS) is 28.6. The van der Waals surface area contributed by atoms with Gasteiger partial charge >= 0.3 is 5.97 Å². The molecule has 0 saturated carbocycles. The fraction of sp³-hybridized carbons (Fsp3) is 0.615. The summed E-state index contributed by atoms with van der Waals surface area (Å²) in [5, 5.41) is 12.3. The van der Waals surface area contributed by atoms with Crippen LogP contribution in [0.25, 0.3) is 0 Å². The molecular weight excluding hydrogens is 246 g/mol. The standard InChI is InChI=1S/C13H17N3O3/c1-7-14-6-10(13(17)18)12(16-7)15-5-8-4-9-2-3-11(8)19-9/h6,8-9,11H,2-5H2,1H3,(H,17,18)(H,14,15,16). The van der Waals surface area contributed by atoms with E-state index in [0.717, 1.165) is 19.3 Å². The lowest BCUT2D eigenvalue weighted by atomic mass is 9.89. The van der Waals surface area contributed by atoms with Gasteiger partial charge in [-0.1, -0.05) is 0 Å². The number of fused-ring (bicyclic) bond motifs is 2. The molecule has 0 spiro atoms. The van der Waals surface area contributed by atoms with Gasteiger partial charge in [0.05, 0.1) is 12.2 Å². The minimum absolute atomic E-state index is 0.120. The van der Waals surface area contributed by atoms with Gasteiger partial charge in [0.1, 0.15) is 17.2 Å². The molecule has 1 aromatic heterocycles. The Balaban J connectivity index is 1.69. The van der Waals surface area contributed by atoms with E-state index >= 15 is 0 Å². The van der Waals surface area contributed by atoms with Gasteiger partial charge in [-0.3, -0.25) is 0 Å². The first-order valence-electron chi connectivity index (χ1n) is 6.59. The van der Waals surface area contributed by atoms with Crippen LogP contribution in [0, 0.1) is 12.8 Å². The highest BCUT2D eigenvalue weighted by molar-refractivity contribution is 5.92. The number of carboxylic acids is 1. The number of aromatic carboxylic acids is 1. The molecule has 6 heteroatoms. The second kappa shape index (κ2) is 4.77. The van der Waals surface area contributed by atoms with Gasteiger partial charge in [-0.2, -0.15) is 0 Å². The van der Waals surface area contributed by atoms with Crippen molar-refractivity contribution in [3.63, 3.8) is 0 Å². The smallest absolute Gasteiger partial charge is 0.341 e. The summed E-state index contributed by atoms with van der Waals surface area (Å²) in [6, 6.07) is 0. The van der Waals surface area contributed by atoms with E-state index in [0.29, 0.717) is 36.3 Å². The zero-order chi connectivity index (χ0) is 13.4. The third-order valence-electron chi connectivity index (χ3n) is 3.90. The van der Waals surface area contributed by atoms with Crippen LogP contribution < -0.4 is 5.32 Å².